The van der Waals surface area contributed by atoms with Gasteiger partial charge in [-0.05, 0) is 59.4 Å². The maximum atomic E-state index is 13.1. The molecule has 9 heteroatoms. The number of hydrogen-bond acceptors (Lipinski definition) is 8. The smallest absolute Gasteiger partial charge is 0.357 e. The highest BCUT2D eigenvalue weighted by Crippen LogP contribution is 2.36. The van der Waals surface area contributed by atoms with Crippen molar-refractivity contribution in [3.05, 3.63) is 89.4 Å². The van der Waals surface area contributed by atoms with Gasteiger partial charge in [0.2, 0.25) is 0 Å². The minimum atomic E-state index is -0.804. The van der Waals surface area contributed by atoms with Gasteiger partial charge in [0.05, 0.1) is 25.9 Å². The van der Waals surface area contributed by atoms with Gasteiger partial charge < -0.3 is 25.4 Å². The highest BCUT2D eigenvalue weighted by atomic mass is 16.5. The van der Waals surface area contributed by atoms with Gasteiger partial charge in [0, 0.05) is 36.5 Å². The first-order valence-corrected chi connectivity index (χ1v) is 13.9. The Labute approximate surface area is 240 Å². The molecule has 41 heavy (non-hydrogen) atoms. The normalized spacial score (nSPS) is 12.0. The summed E-state index contributed by atoms with van der Waals surface area (Å²) in [5.74, 6) is 0.497. The number of nitrogens with zero attached hydrogens (tertiary/aromatic N) is 3. The largest absolute Gasteiger partial charge is 0.489 e. The second kappa shape index (κ2) is 14.0. The molecule has 0 bridgehead atoms. The molecule has 0 saturated carbocycles. The van der Waals surface area contributed by atoms with Gasteiger partial charge in [-0.3, -0.25) is 9.67 Å². The maximum absolute atomic E-state index is 13.1. The Morgan fingerprint density at radius 3 is 2.41 bits per heavy atom. The Hall–Kier alpha value is -4.05. The van der Waals surface area contributed by atoms with Crippen molar-refractivity contribution in [1.82, 2.24) is 14.8 Å². The van der Waals surface area contributed by atoms with E-state index in [1.54, 1.807) is 24.0 Å². The number of hydrogen-bond donors (Lipinski definition) is 3. The predicted molar refractivity (Wildman–Crippen MR) is 158 cm³/mol. The summed E-state index contributed by atoms with van der Waals surface area (Å²) in [5.41, 5.74) is 12.2. The molecule has 0 amide bonds. The van der Waals surface area contributed by atoms with Crippen LogP contribution in [-0.4, -0.2) is 56.8 Å². The van der Waals surface area contributed by atoms with Crippen LogP contribution in [0.1, 0.15) is 53.9 Å². The third kappa shape index (κ3) is 7.18. The number of esters is 1. The number of ether oxygens (including phenoxy) is 2. The van der Waals surface area contributed by atoms with E-state index in [1.165, 1.54) is 0 Å². The summed E-state index contributed by atoms with van der Waals surface area (Å²) in [6.45, 7) is 6.95. The van der Waals surface area contributed by atoms with E-state index in [4.69, 9.17) is 20.3 Å². The molecular formula is C32H38N4O5. The minimum absolute atomic E-state index is 0.238. The van der Waals surface area contributed by atoms with Crippen LogP contribution in [0, 0.1) is 0 Å². The van der Waals surface area contributed by atoms with E-state index in [1.807, 2.05) is 48.5 Å². The molecule has 4 N–H and O–H groups in total. The number of pyridine rings is 1. The molecule has 2 aromatic carbocycles. The van der Waals surface area contributed by atoms with Crippen LogP contribution >= 0.6 is 0 Å². The average molecular weight is 559 g/mol. The van der Waals surface area contributed by atoms with Crippen LogP contribution in [0.15, 0.2) is 67.0 Å². The number of aliphatic hydroxyl groups is 2. The first kappa shape index (κ1) is 29.9. The fraction of sp³-hybridized carbons (Fsp3) is 0.344. The van der Waals surface area contributed by atoms with E-state index in [9.17, 15) is 15.0 Å². The number of carbonyl (C=O) groups is 1. The molecule has 0 aliphatic rings. The second-order valence-corrected chi connectivity index (χ2v) is 10.1. The monoisotopic (exact) mass is 558 g/mol. The van der Waals surface area contributed by atoms with Gasteiger partial charge in [0.15, 0.2) is 5.69 Å². The molecule has 4 rings (SSSR count). The Morgan fingerprint density at radius 1 is 1.05 bits per heavy atom. The quantitative estimate of drug-likeness (QED) is 0.206. The Kier molecular flexibility index (Phi) is 10.2. The highest BCUT2D eigenvalue weighted by Gasteiger charge is 2.26. The number of benzene rings is 2. The standard InChI is InChI=1S/C32H38N4O5/c1-4-40-32(39)31-29(30(35-36(31)16-13-33)24-11-14-34-15-12-24)23-6-8-27(9-7-23)41-20-22-5-10-28(21(2)3)25(17-22)18-26(38)19-37/h5-12,14-15,17,21,26,37-38H,4,13,16,18-20,33H2,1-3H3. The zero-order chi connectivity index (χ0) is 29.4. The summed E-state index contributed by atoms with van der Waals surface area (Å²) in [4.78, 5) is 17.2. The van der Waals surface area contributed by atoms with Crippen LogP contribution in [0.2, 0.25) is 0 Å². The van der Waals surface area contributed by atoms with Gasteiger partial charge in [0.25, 0.3) is 0 Å². The molecule has 1 unspecified atom stereocenters. The third-order valence-electron chi connectivity index (χ3n) is 6.76. The first-order valence-electron chi connectivity index (χ1n) is 13.9. The van der Waals surface area contributed by atoms with Crippen molar-refractivity contribution in [1.29, 1.82) is 0 Å². The minimum Gasteiger partial charge on any atom is -0.489 e. The van der Waals surface area contributed by atoms with Gasteiger partial charge in [-0.2, -0.15) is 5.10 Å². The molecule has 2 aromatic heterocycles. The highest BCUT2D eigenvalue weighted by molar-refractivity contribution is 6.00. The van der Waals surface area contributed by atoms with Crippen molar-refractivity contribution < 1.29 is 24.5 Å². The molecule has 9 nitrogen and oxygen atoms in total. The van der Waals surface area contributed by atoms with Gasteiger partial charge in [0.1, 0.15) is 18.1 Å². The topological polar surface area (TPSA) is 133 Å². The zero-order valence-electron chi connectivity index (χ0n) is 23.8. The lowest BCUT2D eigenvalue weighted by atomic mass is 9.92. The fourth-order valence-corrected chi connectivity index (χ4v) is 4.83. The average Bonchev–Trinajstić information content (AvgIpc) is 3.36. The van der Waals surface area contributed by atoms with Crippen molar-refractivity contribution in [2.24, 2.45) is 5.73 Å². The van der Waals surface area contributed by atoms with E-state index in [0.717, 1.165) is 27.8 Å². The maximum Gasteiger partial charge on any atom is 0.357 e. The van der Waals surface area contributed by atoms with Crippen LogP contribution in [-0.2, 0) is 24.3 Å². The van der Waals surface area contributed by atoms with E-state index in [2.05, 4.69) is 24.9 Å². The van der Waals surface area contributed by atoms with E-state index in [0.29, 0.717) is 54.7 Å². The molecule has 0 fully saturated rings. The summed E-state index contributed by atoms with van der Waals surface area (Å²) >= 11 is 0. The molecule has 4 aromatic rings. The summed E-state index contributed by atoms with van der Waals surface area (Å²) in [7, 11) is 0. The third-order valence-corrected chi connectivity index (χ3v) is 6.76. The molecule has 2 heterocycles. The zero-order valence-corrected chi connectivity index (χ0v) is 23.8. The molecule has 0 aliphatic carbocycles. The van der Waals surface area contributed by atoms with Gasteiger partial charge in [-0.25, -0.2) is 4.79 Å². The van der Waals surface area contributed by atoms with Crippen molar-refractivity contribution >= 4 is 5.97 Å². The summed E-state index contributed by atoms with van der Waals surface area (Å²) < 4.78 is 13.1. The molecular weight excluding hydrogens is 520 g/mol. The fourth-order valence-electron chi connectivity index (χ4n) is 4.83. The van der Waals surface area contributed by atoms with Crippen LogP contribution in [0.4, 0.5) is 0 Å². The van der Waals surface area contributed by atoms with E-state index >= 15 is 0 Å². The Bertz CT molecular complexity index is 1430. The van der Waals surface area contributed by atoms with Crippen molar-refractivity contribution in [2.75, 3.05) is 19.8 Å². The first-order chi connectivity index (χ1) is 19.9. The number of nitrogens with two attached hydrogens (primary N) is 1. The van der Waals surface area contributed by atoms with Crippen LogP contribution in [0.3, 0.4) is 0 Å². The lowest BCUT2D eigenvalue weighted by Gasteiger charge is -2.17. The van der Waals surface area contributed by atoms with Gasteiger partial charge >= 0.3 is 5.97 Å². The number of aliphatic hydroxyl groups excluding tert-OH is 2. The number of carbonyl (C=O) groups excluding carboxylic acids is 1. The second-order valence-electron chi connectivity index (χ2n) is 10.1. The van der Waals surface area contributed by atoms with Gasteiger partial charge in [-0.15, -0.1) is 0 Å². The summed E-state index contributed by atoms with van der Waals surface area (Å²) in [6, 6.07) is 17.3. The van der Waals surface area contributed by atoms with E-state index < -0.39 is 12.1 Å². The molecule has 0 saturated heterocycles. The SMILES string of the molecule is CCOC(=O)c1c(-c2ccc(OCc3ccc(C(C)C)c(CC(O)CO)c3)cc2)c(-c2ccncc2)nn1CCN. The molecule has 0 aliphatic heterocycles. The number of rotatable bonds is 13. The number of aromatic nitrogens is 3. The van der Waals surface area contributed by atoms with Crippen LogP contribution in [0.25, 0.3) is 22.4 Å². The lowest BCUT2D eigenvalue weighted by Crippen LogP contribution is -2.18. The molecule has 1 atom stereocenters. The van der Waals surface area contributed by atoms with Crippen LogP contribution < -0.4 is 10.5 Å². The lowest BCUT2D eigenvalue weighted by molar-refractivity contribution is 0.0513. The predicted octanol–water partition coefficient (Wildman–Crippen LogP) is 4.35. The molecule has 0 spiro atoms. The van der Waals surface area contributed by atoms with E-state index in [-0.39, 0.29) is 13.2 Å². The van der Waals surface area contributed by atoms with Crippen molar-refractivity contribution in [2.45, 2.75) is 52.4 Å². The van der Waals surface area contributed by atoms with Crippen LogP contribution in [0.5, 0.6) is 5.75 Å². The van der Waals surface area contributed by atoms with Crippen molar-refractivity contribution in [3.63, 3.8) is 0 Å². The molecule has 216 valence electrons. The van der Waals surface area contributed by atoms with Crippen molar-refractivity contribution in [3.8, 4) is 28.1 Å². The summed E-state index contributed by atoms with van der Waals surface area (Å²) in [5, 5.41) is 24.1. The molecule has 0 radical (unpaired) electrons. The van der Waals surface area contributed by atoms with Gasteiger partial charge in [-0.1, -0.05) is 44.2 Å². The Balaban J connectivity index is 1.63. The summed E-state index contributed by atoms with van der Waals surface area (Å²) in [6.07, 6.45) is 2.95. The Morgan fingerprint density at radius 2 is 1.78 bits per heavy atom.